The minimum absolute atomic E-state index is 0. The van der Waals surface area contributed by atoms with Gasteiger partial charge in [0, 0.05) is 18.8 Å². The molecule has 2 N–H and O–H groups in total. The summed E-state index contributed by atoms with van der Waals surface area (Å²) in [6, 6.07) is 1.81. The second-order valence-corrected chi connectivity index (χ2v) is 4.75. The largest absolute Gasteiger partial charge is 0.337 e. The van der Waals surface area contributed by atoms with Crippen molar-refractivity contribution in [1.82, 2.24) is 20.4 Å². The van der Waals surface area contributed by atoms with Gasteiger partial charge < -0.3 is 10.2 Å². The number of hydrogen-bond donors (Lipinski definition) is 2. The molecule has 18 heavy (non-hydrogen) atoms. The average Bonchev–Trinajstić information content (AvgIpc) is 2.76. The molecule has 102 valence electrons. The fourth-order valence-corrected chi connectivity index (χ4v) is 2.39. The number of rotatable bonds is 3. The number of halogens is 1. The molecule has 0 saturated carbocycles. The van der Waals surface area contributed by atoms with Crippen LogP contribution in [0.2, 0.25) is 0 Å². The molecule has 2 rings (SSSR count). The zero-order chi connectivity index (χ0) is 12.3. The van der Waals surface area contributed by atoms with Crippen LogP contribution in [-0.4, -0.2) is 47.7 Å². The van der Waals surface area contributed by atoms with Gasteiger partial charge in [-0.3, -0.25) is 9.89 Å². The number of carbonyl (C=O) groups excluding carboxylic acids is 1. The highest BCUT2D eigenvalue weighted by Gasteiger charge is 2.25. The molecular weight excluding hydrogens is 252 g/mol. The van der Waals surface area contributed by atoms with Crippen LogP contribution in [0.15, 0.2) is 6.07 Å². The molecular formula is C12H21ClN4O. The smallest absolute Gasteiger partial charge is 0.274 e. The van der Waals surface area contributed by atoms with Crippen LogP contribution in [0.3, 0.4) is 0 Å². The molecule has 1 aliphatic rings. The Morgan fingerprint density at radius 2 is 2.44 bits per heavy atom. The second kappa shape index (κ2) is 6.75. The lowest BCUT2D eigenvalue weighted by Gasteiger charge is -2.32. The van der Waals surface area contributed by atoms with E-state index >= 15 is 0 Å². The number of likely N-dealkylation sites (tertiary alicyclic amines) is 1. The topological polar surface area (TPSA) is 61.0 Å². The molecule has 0 radical (unpaired) electrons. The number of aryl methyl sites for hydroxylation is 1. The van der Waals surface area contributed by atoms with Gasteiger partial charge in [0.15, 0.2) is 0 Å². The van der Waals surface area contributed by atoms with Crippen molar-refractivity contribution in [3.8, 4) is 0 Å². The van der Waals surface area contributed by atoms with Crippen LogP contribution in [0.25, 0.3) is 0 Å². The second-order valence-electron chi connectivity index (χ2n) is 4.75. The first-order chi connectivity index (χ1) is 8.20. The third-order valence-corrected chi connectivity index (χ3v) is 3.22. The van der Waals surface area contributed by atoms with Gasteiger partial charge in [0.2, 0.25) is 0 Å². The number of aromatic nitrogens is 2. The van der Waals surface area contributed by atoms with Crippen LogP contribution < -0.4 is 5.32 Å². The summed E-state index contributed by atoms with van der Waals surface area (Å²) < 4.78 is 0. The summed E-state index contributed by atoms with van der Waals surface area (Å²) in [6.07, 6.45) is 2.28. The van der Waals surface area contributed by atoms with Gasteiger partial charge >= 0.3 is 0 Å². The van der Waals surface area contributed by atoms with E-state index in [1.165, 1.54) is 6.42 Å². The molecule has 1 aromatic rings. The van der Waals surface area contributed by atoms with Crippen molar-refractivity contribution >= 4 is 18.3 Å². The zero-order valence-corrected chi connectivity index (χ0v) is 11.7. The Hall–Kier alpha value is -1.07. The fourth-order valence-electron chi connectivity index (χ4n) is 2.39. The highest BCUT2D eigenvalue weighted by atomic mass is 35.5. The van der Waals surface area contributed by atoms with Gasteiger partial charge in [-0.1, -0.05) is 0 Å². The number of nitrogens with one attached hydrogen (secondary N) is 2. The van der Waals surface area contributed by atoms with E-state index in [2.05, 4.69) is 15.5 Å². The highest BCUT2D eigenvalue weighted by molar-refractivity contribution is 5.92. The van der Waals surface area contributed by atoms with Gasteiger partial charge in [-0.25, -0.2) is 0 Å². The maximum atomic E-state index is 12.2. The lowest BCUT2D eigenvalue weighted by atomic mass is 9.98. The van der Waals surface area contributed by atoms with E-state index in [1.54, 1.807) is 0 Å². The first-order valence-corrected chi connectivity index (χ1v) is 6.16. The van der Waals surface area contributed by atoms with Gasteiger partial charge in [0.1, 0.15) is 5.69 Å². The summed E-state index contributed by atoms with van der Waals surface area (Å²) in [5.41, 5.74) is 1.46. The standard InChI is InChI=1S/C12H20N4O.ClH/c1-9-6-11(15-14-9)12(17)16-5-3-4-10(8-16)7-13-2;/h6,10,13H,3-5,7-8H2,1-2H3,(H,14,15);1H. The van der Waals surface area contributed by atoms with E-state index in [1.807, 2.05) is 24.9 Å². The van der Waals surface area contributed by atoms with Crippen LogP contribution in [0, 0.1) is 12.8 Å². The number of nitrogens with zero attached hydrogens (tertiary/aromatic N) is 2. The maximum Gasteiger partial charge on any atom is 0.274 e. The monoisotopic (exact) mass is 272 g/mol. The van der Waals surface area contributed by atoms with Crippen LogP contribution in [-0.2, 0) is 0 Å². The van der Waals surface area contributed by atoms with Crippen LogP contribution >= 0.6 is 12.4 Å². The quantitative estimate of drug-likeness (QED) is 0.870. The lowest BCUT2D eigenvalue weighted by Crippen LogP contribution is -2.42. The molecule has 5 nitrogen and oxygen atoms in total. The van der Waals surface area contributed by atoms with Crippen molar-refractivity contribution < 1.29 is 4.79 Å². The van der Waals surface area contributed by atoms with Crippen LogP contribution in [0.5, 0.6) is 0 Å². The summed E-state index contributed by atoms with van der Waals surface area (Å²) in [7, 11) is 1.96. The molecule has 0 bridgehead atoms. The van der Waals surface area contributed by atoms with Crippen LogP contribution in [0.1, 0.15) is 29.0 Å². The summed E-state index contributed by atoms with van der Waals surface area (Å²) in [4.78, 5) is 14.1. The molecule has 2 heterocycles. The number of aromatic amines is 1. The Labute approximate surface area is 114 Å². The van der Waals surface area contributed by atoms with E-state index in [-0.39, 0.29) is 18.3 Å². The van der Waals surface area contributed by atoms with E-state index in [0.717, 1.165) is 31.7 Å². The highest BCUT2D eigenvalue weighted by Crippen LogP contribution is 2.17. The van der Waals surface area contributed by atoms with Crippen molar-refractivity contribution in [3.05, 3.63) is 17.5 Å². The molecule has 1 amide bonds. The predicted octanol–water partition coefficient (Wildman–Crippen LogP) is 1.21. The molecule has 0 spiro atoms. The average molecular weight is 273 g/mol. The summed E-state index contributed by atoms with van der Waals surface area (Å²) >= 11 is 0. The first-order valence-electron chi connectivity index (χ1n) is 6.16. The van der Waals surface area contributed by atoms with Crippen molar-refractivity contribution in [1.29, 1.82) is 0 Å². The number of carbonyl (C=O) groups is 1. The van der Waals surface area contributed by atoms with Crippen LogP contribution in [0.4, 0.5) is 0 Å². The van der Waals surface area contributed by atoms with Gasteiger partial charge in [0.05, 0.1) is 0 Å². The van der Waals surface area contributed by atoms with Gasteiger partial charge in [-0.15, -0.1) is 12.4 Å². The molecule has 1 atom stereocenters. The zero-order valence-electron chi connectivity index (χ0n) is 10.9. The molecule has 1 fully saturated rings. The van der Waals surface area contributed by atoms with E-state index in [9.17, 15) is 4.79 Å². The molecule has 1 saturated heterocycles. The molecule has 1 aromatic heterocycles. The lowest BCUT2D eigenvalue weighted by molar-refractivity contribution is 0.0668. The summed E-state index contributed by atoms with van der Waals surface area (Å²) in [6.45, 7) is 4.57. The Morgan fingerprint density at radius 3 is 3.06 bits per heavy atom. The molecule has 1 aliphatic heterocycles. The summed E-state index contributed by atoms with van der Waals surface area (Å²) in [5.74, 6) is 0.618. The molecule has 0 aliphatic carbocycles. The first kappa shape index (κ1) is 15.0. The Balaban J connectivity index is 0.00000162. The predicted molar refractivity (Wildman–Crippen MR) is 73.1 cm³/mol. The van der Waals surface area contributed by atoms with E-state index in [4.69, 9.17) is 0 Å². The SMILES string of the molecule is CNCC1CCCN(C(=O)c2cc(C)[nH]n2)C1.Cl. The minimum atomic E-state index is 0. The minimum Gasteiger partial charge on any atom is -0.337 e. The van der Waals surface area contributed by atoms with Gasteiger partial charge in [-0.2, -0.15) is 5.10 Å². The van der Waals surface area contributed by atoms with Gasteiger partial charge in [0.25, 0.3) is 5.91 Å². The number of hydrogen-bond acceptors (Lipinski definition) is 3. The van der Waals surface area contributed by atoms with E-state index in [0.29, 0.717) is 11.6 Å². The fraction of sp³-hybridized carbons (Fsp3) is 0.667. The Kier molecular flexibility index (Phi) is 5.62. The molecule has 0 aromatic carbocycles. The Morgan fingerprint density at radius 1 is 1.67 bits per heavy atom. The van der Waals surface area contributed by atoms with Crippen molar-refractivity contribution in [2.75, 3.05) is 26.7 Å². The van der Waals surface area contributed by atoms with E-state index < -0.39 is 0 Å². The number of amides is 1. The summed E-state index contributed by atoms with van der Waals surface area (Å²) in [5, 5.41) is 10.0. The molecule has 1 unspecified atom stereocenters. The normalized spacial score (nSPS) is 19.4. The number of piperidine rings is 1. The maximum absolute atomic E-state index is 12.2. The molecule has 6 heteroatoms. The third-order valence-electron chi connectivity index (χ3n) is 3.22. The third kappa shape index (κ3) is 3.46. The van der Waals surface area contributed by atoms with Crippen molar-refractivity contribution in [2.24, 2.45) is 5.92 Å². The van der Waals surface area contributed by atoms with Crippen molar-refractivity contribution in [3.63, 3.8) is 0 Å². The van der Waals surface area contributed by atoms with Crippen molar-refractivity contribution in [2.45, 2.75) is 19.8 Å². The Bertz CT molecular complexity index is 391. The van der Waals surface area contributed by atoms with Gasteiger partial charge in [-0.05, 0) is 45.3 Å². The number of H-pyrrole nitrogens is 1.